The van der Waals surface area contributed by atoms with Crippen LogP contribution in [0.5, 0.6) is 5.75 Å². The Labute approximate surface area is 158 Å². The van der Waals surface area contributed by atoms with E-state index in [1.807, 2.05) is 13.8 Å². The minimum absolute atomic E-state index is 0.202. The van der Waals surface area contributed by atoms with E-state index >= 15 is 0 Å². The molecule has 1 fully saturated rings. The normalized spacial score (nSPS) is 17.6. The molecule has 26 heavy (non-hydrogen) atoms. The van der Waals surface area contributed by atoms with Gasteiger partial charge in [0.1, 0.15) is 18.5 Å². The molecule has 0 aliphatic heterocycles. The molecule has 0 saturated heterocycles. The number of nitrogens with one attached hydrogen (secondary N) is 1. The van der Waals surface area contributed by atoms with Crippen LogP contribution < -0.4 is 10.1 Å². The Morgan fingerprint density at radius 2 is 1.96 bits per heavy atom. The molecule has 6 nitrogen and oxygen atoms in total. The Balaban J connectivity index is 1.57. The third-order valence-corrected chi connectivity index (χ3v) is 5.00. The van der Waals surface area contributed by atoms with E-state index in [1.165, 1.54) is 0 Å². The lowest BCUT2D eigenvalue weighted by atomic mass is 9.96. The average Bonchev–Trinajstić information content (AvgIpc) is 3.29. The summed E-state index contributed by atoms with van der Waals surface area (Å²) < 4.78 is 11.0. The highest BCUT2D eigenvalue weighted by molar-refractivity contribution is 6.30. The summed E-state index contributed by atoms with van der Waals surface area (Å²) in [6, 6.07) is 7.09. The van der Waals surface area contributed by atoms with Crippen LogP contribution in [0.2, 0.25) is 5.02 Å². The van der Waals surface area contributed by atoms with E-state index < -0.39 is 6.10 Å². The van der Waals surface area contributed by atoms with E-state index in [1.54, 1.807) is 24.3 Å². The fourth-order valence-corrected chi connectivity index (χ4v) is 3.34. The predicted octanol–water partition coefficient (Wildman–Crippen LogP) is 3.65. The van der Waals surface area contributed by atoms with Gasteiger partial charge in [0.25, 0.3) is 0 Å². The van der Waals surface area contributed by atoms with Gasteiger partial charge in [-0.15, -0.1) is 0 Å². The summed E-state index contributed by atoms with van der Waals surface area (Å²) in [5.41, 5.74) is -0.322. The first-order valence-electron chi connectivity index (χ1n) is 9.14. The quantitative estimate of drug-likeness (QED) is 0.728. The van der Waals surface area contributed by atoms with E-state index in [4.69, 9.17) is 20.9 Å². The van der Waals surface area contributed by atoms with Gasteiger partial charge >= 0.3 is 0 Å². The summed E-state index contributed by atoms with van der Waals surface area (Å²) in [6.07, 6.45) is 3.45. The van der Waals surface area contributed by atoms with Gasteiger partial charge in [-0.05, 0) is 37.1 Å². The van der Waals surface area contributed by atoms with Crippen molar-refractivity contribution >= 4 is 11.6 Å². The molecule has 1 aliphatic carbocycles. The summed E-state index contributed by atoms with van der Waals surface area (Å²) in [5, 5.41) is 18.6. The van der Waals surface area contributed by atoms with Crippen molar-refractivity contribution in [3.8, 4) is 5.75 Å². The van der Waals surface area contributed by atoms with Gasteiger partial charge < -0.3 is 19.7 Å². The third-order valence-electron chi connectivity index (χ3n) is 4.75. The third kappa shape index (κ3) is 4.55. The smallest absolute Gasteiger partial charge is 0.229 e. The van der Waals surface area contributed by atoms with Gasteiger partial charge in [0.15, 0.2) is 5.82 Å². The molecule has 3 rings (SSSR count). The zero-order valence-electron chi connectivity index (χ0n) is 15.2. The zero-order chi connectivity index (χ0) is 18.6. The first-order chi connectivity index (χ1) is 12.5. The van der Waals surface area contributed by atoms with Crippen LogP contribution in [0.15, 0.2) is 28.8 Å². The fraction of sp³-hybridized carbons (Fsp3) is 0.579. The molecular weight excluding hydrogens is 354 g/mol. The lowest BCUT2D eigenvalue weighted by Gasteiger charge is -2.28. The van der Waals surface area contributed by atoms with E-state index in [-0.39, 0.29) is 18.1 Å². The summed E-state index contributed by atoms with van der Waals surface area (Å²) >= 11 is 5.86. The van der Waals surface area contributed by atoms with Crippen LogP contribution >= 0.6 is 11.6 Å². The van der Waals surface area contributed by atoms with Crippen LogP contribution in [0, 0.1) is 0 Å². The number of aromatic nitrogens is 2. The highest BCUT2D eigenvalue weighted by Gasteiger charge is 2.40. The molecule has 1 aromatic carbocycles. The largest absolute Gasteiger partial charge is 0.491 e. The SMILES string of the molecule is CC(C)c1nc(C2(NCC(O)COc3ccc(Cl)cc3)CCCC2)no1. The second kappa shape index (κ2) is 8.37. The number of rotatable bonds is 8. The predicted molar refractivity (Wildman–Crippen MR) is 99.5 cm³/mol. The number of aliphatic hydroxyl groups excluding tert-OH is 1. The monoisotopic (exact) mass is 379 g/mol. The molecule has 1 atom stereocenters. The Hall–Kier alpha value is -1.63. The van der Waals surface area contributed by atoms with Gasteiger partial charge in [0, 0.05) is 17.5 Å². The van der Waals surface area contributed by atoms with E-state index in [9.17, 15) is 5.11 Å². The molecule has 0 spiro atoms. The van der Waals surface area contributed by atoms with Crippen LogP contribution in [0.25, 0.3) is 0 Å². The van der Waals surface area contributed by atoms with Crippen molar-refractivity contribution in [2.75, 3.05) is 13.2 Å². The second-order valence-corrected chi connectivity index (χ2v) is 7.64. The first-order valence-corrected chi connectivity index (χ1v) is 9.52. The molecule has 1 aliphatic rings. The number of halogens is 1. The van der Waals surface area contributed by atoms with E-state index in [0.717, 1.165) is 25.7 Å². The molecule has 2 N–H and O–H groups in total. The van der Waals surface area contributed by atoms with Crippen LogP contribution in [0.4, 0.5) is 0 Å². The molecule has 0 radical (unpaired) electrons. The highest BCUT2D eigenvalue weighted by atomic mass is 35.5. The lowest BCUT2D eigenvalue weighted by Crippen LogP contribution is -2.45. The Bertz CT molecular complexity index is 696. The molecule has 7 heteroatoms. The van der Waals surface area contributed by atoms with Gasteiger partial charge in [-0.1, -0.05) is 43.4 Å². The van der Waals surface area contributed by atoms with Crippen LogP contribution in [0.1, 0.15) is 57.2 Å². The Morgan fingerprint density at radius 3 is 2.58 bits per heavy atom. The summed E-state index contributed by atoms with van der Waals surface area (Å²) in [4.78, 5) is 4.58. The van der Waals surface area contributed by atoms with Crippen molar-refractivity contribution in [1.82, 2.24) is 15.5 Å². The minimum atomic E-state index is -0.639. The molecule has 0 amide bonds. The van der Waals surface area contributed by atoms with Crippen molar-refractivity contribution in [2.45, 2.75) is 57.1 Å². The number of aliphatic hydroxyl groups is 1. The Kier molecular flexibility index (Phi) is 6.16. The molecule has 0 bridgehead atoms. The zero-order valence-corrected chi connectivity index (χ0v) is 16.0. The van der Waals surface area contributed by atoms with Crippen LogP contribution in [-0.4, -0.2) is 34.5 Å². The van der Waals surface area contributed by atoms with E-state index in [2.05, 4.69) is 15.5 Å². The second-order valence-electron chi connectivity index (χ2n) is 7.20. The number of nitrogens with zero attached hydrogens (tertiary/aromatic N) is 2. The lowest BCUT2D eigenvalue weighted by molar-refractivity contribution is 0.0950. The molecule has 1 aromatic heterocycles. The maximum absolute atomic E-state index is 10.3. The molecule has 1 saturated carbocycles. The highest BCUT2D eigenvalue weighted by Crippen LogP contribution is 2.37. The van der Waals surface area contributed by atoms with Gasteiger partial charge in [0.05, 0.1) is 5.54 Å². The molecule has 142 valence electrons. The molecule has 1 heterocycles. The van der Waals surface area contributed by atoms with E-state index in [0.29, 0.717) is 29.0 Å². The number of hydrogen-bond acceptors (Lipinski definition) is 6. The Morgan fingerprint density at radius 1 is 1.27 bits per heavy atom. The van der Waals surface area contributed by atoms with Crippen LogP contribution in [0.3, 0.4) is 0 Å². The van der Waals surface area contributed by atoms with Crippen molar-refractivity contribution in [3.63, 3.8) is 0 Å². The minimum Gasteiger partial charge on any atom is -0.491 e. The standard InChI is InChI=1S/C19H26ClN3O3/c1-13(2)17-22-18(23-26-17)19(9-3-4-10-19)21-11-15(24)12-25-16-7-5-14(20)6-8-16/h5-8,13,15,21,24H,3-4,9-12H2,1-2H3. The fourth-order valence-electron chi connectivity index (χ4n) is 3.22. The number of benzene rings is 1. The van der Waals surface area contributed by atoms with Crippen molar-refractivity contribution in [3.05, 3.63) is 41.0 Å². The maximum atomic E-state index is 10.3. The van der Waals surface area contributed by atoms with Gasteiger partial charge in [-0.2, -0.15) is 4.98 Å². The summed E-state index contributed by atoms with van der Waals surface area (Å²) in [7, 11) is 0. The first kappa shape index (κ1) is 19.1. The van der Waals surface area contributed by atoms with Gasteiger partial charge in [-0.25, -0.2) is 0 Å². The van der Waals surface area contributed by atoms with Crippen molar-refractivity contribution in [2.24, 2.45) is 0 Å². The molecule has 2 aromatic rings. The number of hydrogen-bond donors (Lipinski definition) is 2. The topological polar surface area (TPSA) is 80.4 Å². The van der Waals surface area contributed by atoms with Crippen molar-refractivity contribution in [1.29, 1.82) is 0 Å². The molecular formula is C19H26ClN3O3. The van der Waals surface area contributed by atoms with Gasteiger partial charge in [-0.3, -0.25) is 0 Å². The van der Waals surface area contributed by atoms with Crippen LogP contribution in [-0.2, 0) is 5.54 Å². The number of ether oxygens (including phenoxy) is 1. The maximum Gasteiger partial charge on any atom is 0.229 e. The van der Waals surface area contributed by atoms with Gasteiger partial charge in [0.2, 0.25) is 5.89 Å². The summed E-state index contributed by atoms with van der Waals surface area (Å²) in [5.74, 6) is 2.24. The average molecular weight is 380 g/mol. The molecule has 1 unspecified atom stereocenters. The summed E-state index contributed by atoms with van der Waals surface area (Å²) in [6.45, 7) is 4.67. The van der Waals surface area contributed by atoms with Crippen molar-refractivity contribution < 1.29 is 14.4 Å².